The Bertz CT molecular complexity index is 661. The van der Waals surface area contributed by atoms with Crippen molar-refractivity contribution in [3.63, 3.8) is 0 Å². The monoisotopic (exact) mass is 308 g/mol. The highest BCUT2D eigenvalue weighted by Crippen LogP contribution is 2.28. The largest absolute Gasteiger partial charge is 0.399 e. The number of halogens is 2. The molecule has 3 nitrogen and oxygen atoms in total. The Labute approximate surface area is 127 Å². The second-order valence-electron chi connectivity index (χ2n) is 4.63. The fourth-order valence-electron chi connectivity index (χ4n) is 1.97. The summed E-state index contributed by atoms with van der Waals surface area (Å²) in [4.78, 5) is 12.2. The molecule has 0 heterocycles. The van der Waals surface area contributed by atoms with Crippen molar-refractivity contribution in [2.24, 2.45) is 0 Å². The molecule has 0 unspecified atom stereocenters. The first-order chi connectivity index (χ1) is 9.38. The third-order valence-electron chi connectivity index (χ3n) is 2.91. The molecule has 0 bridgehead atoms. The standard InChI is InChI=1S/C15H14Cl2N2O/c1-8-5-9(2)14(13(17)6-8)19-15(20)11-4-3-10(18)7-12(11)16/h3-7H,18H2,1-2H3,(H,19,20). The van der Waals surface area contributed by atoms with Crippen LogP contribution in [0.3, 0.4) is 0 Å². The highest BCUT2D eigenvalue weighted by atomic mass is 35.5. The van der Waals surface area contributed by atoms with Crippen molar-refractivity contribution in [1.82, 2.24) is 0 Å². The normalized spacial score (nSPS) is 10.4. The molecule has 0 fully saturated rings. The molecule has 2 aromatic rings. The number of nitrogen functional groups attached to an aromatic ring is 1. The molecule has 0 spiro atoms. The second-order valence-corrected chi connectivity index (χ2v) is 5.45. The van der Waals surface area contributed by atoms with Crippen LogP contribution in [0.25, 0.3) is 0 Å². The van der Waals surface area contributed by atoms with E-state index in [0.717, 1.165) is 11.1 Å². The Morgan fingerprint density at radius 3 is 2.40 bits per heavy atom. The van der Waals surface area contributed by atoms with Gasteiger partial charge in [0.1, 0.15) is 0 Å². The molecule has 0 aliphatic rings. The summed E-state index contributed by atoms with van der Waals surface area (Å²) in [6, 6.07) is 8.51. The minimum atomic E-state index is -0.316. The number of aryl methyl sites for hydroxylation is 2. The van der Waals surface area contributed by atoms with E-state index in [-0.39, 0.29) is 5.91 Å². The van der Waals surface area contributed by atoms with Gasteiger partial charge in [-0.1, -0.05) is 29.3 Å². The number of nitrogens with two attached hydrogens (primary N) is 1. The molecule has 0 aliphatic carbocycles. The van der Waals surface area contributed by atoms with Crippen molar-refractivity contribution in [2.45, 2.75) is 13.8 Å². The van der Waals surface area contributed by atoms with E-state index in [1.165, 1.54) is 0 Å². The van der Waals surface area contributed by atoms with Gasteiger partial charge in [0.25, 0.3) is 5.91 Å². The van der Waals surface area contributed by atoms with Crippen molar-refractivity contribution in [3.8, 4) is 0 Å². The zero-order chi connectivity index (χ0) is 14.9. The molecule has 104 valence electrons. The lowest BCUT2D eigenvalue weighted by Gasteiger charge is -2.12. The van der Waals surface area contributed by atoms with Gasteiger partial charge in [-0.2, -0.15) is 0 Å². The minimum Gasteiger partial charge on any atom is -0.399 e. The van der Waals surface area contributed by atoms with E-state index in [2.05, 4.69) is 5.32 Å². The molecule has 0 saturated carbocycles. The van der Waals surface area contributed by atoms with Crippen LogP contribution in [0.1, 0.15) is 21.5 Å². The number of carbonyl (C=O) groups is 1. The molecule has 0 saturated heterocycles. The van der Waals surface area contributed by atoms with Gasteiger partial charge in [-0.05, 0) is 49.2 Å². The number of anilines is 2. The van der Waals surface area contributed by atoms with E-state index in [1.807, 2.05) is 19.9 Å². The van der Waals surface area contributed by atoms with Gasteiger partial charge < -0.3 is 11.1 Å². The third-order valence-corrected chi connectivity index (χ3v) is 3.52. The zero-order valence-corrected chi connectivity index (χ0v) is 12.6. The molecule has 1 amide bonds. The van der Waals surface area contributed by atoms with Crippen LogP contribution in [0.5, 0.6) is 0 Å². The topological polar surface area (TPSA) is 55.1 Å². The van der Waals surface area contributed by atoms with Crippen LogP contribution in [0.2, 0.25) is 10.0 Å². The summed E-state index contributed by atoms with van der Waals surface area (Å²) in [6.45, 7) is 3.83. The molecular formula is C15H14Cl2N2O. The Hall–Kier alpha value is -1.71. The second kappa shape index (κ2) is 5.73. The van der Waals surface area contributed by atoms with E-state index < -0.39 is 0 Å². The molecule has 0 atom stereocenters. The van der Waals surface area contributed by atoms with E-state index in [1.54, 1.807) is 24.3 Å². The van der Waals surface area contributed by atoms with Gasteiger partial charge in [0.15, 0.2) is 0 Å². The van der Waals surface area contributed by atoms with Gasteiger partial charge in [0.2, 0.25) is 0 Å². The lowest BCUT2D eigenvalue weighted by molar-refractivity contribution is 0.102. The van der Waals surface area contributed by atoms with Crippen molar-refractivity contribution in [3.05, 3.63) is 57.1 Å². The molecule has 2 aromatic carbocycles. The molecule has 5 heteroatoms. The average Bonchev–Trinajstić information content (AvgIpc) is 2.33. The van der Waals surface area contributed by atoms with Crippen LogP contribution in [-0.4, -0.2) is 5.91 Å². The minimum absolute atomic E-state index is 0.309. The maximum Gasteiger partial charge on any atom is 0.257 e. The highest BCUT2D eigenvalue weighted by molar-refractivity contribution is 6.36. The van der Waals surface area contributed by atoms with E-state index in [4.69, 9.17) is 28.9 Å². The molecule has 0 aromatic heterocycles. The van der Waals surface area contributed by atoms with Gasteiger partial charge in [0.05, 0.1) is 21.3 Å². The van der Waals surface area contributed by atoms with Crippen LogP contribution in [0.4, 0.5) is 11.4 Å². The summed E-state index contributed by atoms with van der Waals surface area (Å²) in [5, 5.41) is 3.60. The Morgan fingerprint density at radius 1 is 1.10 bits per heavy atom. The quantitative estimate of drug-likeness (QED) is 0.806. The maximum atomic E-state index is 12.2. The van der Waals surface area contributed by atoms with Crippen LogP contribution >= 0.6 is 23.2 Å². The number of benzene rings is 2. The summed E-state index contributed by atoms with van der Waals surface area (Å²) in [7, 11) is 0. The summed E-state index contributed by atoms with van der Waals surface area (Å²) in [6.07, 6.45) is 0. The van der Waals surface area contributed by atoms with Crippen molar-refractivity contribution >= 4 is 40.5 Å². The SMILES string of the molecule is Cc1cc(C)c(NC(=O)c2ccc(N)cc2Cl)c(Cl)c1. The van der Waals surface area contributed by atoms with E-state index in [9.17, 15) is 4.79 Å². The number of carbonyl (C=O) groups excluding carboxylic acids is 1. The Morgan fingerprint density at radius 2 is 1.80 bits per heavy atom. The summed E-state index contributed by atoms with van der Waals surface area (Å²) in [5.41, 5.74) is 9.01. The average molecular weight is 309 g/mol. The van der Waals surface area contributed by atoms with Gasteiger partial charge >= 0.3 is 0 Å². The van der Waals surface area contributed by atoms with Crippen molar-refractivity contribution in [2.75, 3.05) is 11.1 Å². The predicted octanol–water partition coefficient (Wildman–Crippen LogP) is 4.44. The Kier molecular flexibility index (Phi) is 4.21. The fraction of sp³-hybridized carbons (Fsp3) is 0.133. The van der Waals surface area contributed by atoms with Gasteiger partial charge in [0, 0.05) is 5.69 Å². The van der Waals surface area contributed by atoms with Crippen LogP contribution < -0.4 is 11.1 Å². The number of nitrogens with one attached hydrogen (secondary N) is 1. The summed E-state index contributed by atoms with van der Waals surface area (Å²) in [5.74, 6) is -0.316. The van der Waals surface area contributed by atoms with Crippen molar-refractivity contribution < 1.29 is 4.79 Å². The first-order valence-electron chi connectivity index (χ1n) is 6.01. The van der Waals surface area contributed by atoms with E-state index in [0.29, 0.717) is 27.0 Å². The first-order valence-corrected chi connectivity index (χ1v) is 6.77. The van der Waals surface area contributed by atoms with Crippen LogP contribution in [0.15, 0.2) is 30.3 Å². The number of rotatable bonds is 2. The molecule has 3 N–H and O–H groups in total. The predicted molar refractivity (Wildman–Crippen MR) is 84.7 cm³/mol. The van der Waals surface area contributed by atoms with Gasteiger partial charge in [-0.3, -0.25) is 4.79 Å². The first kappa shape index (κ1) is 14.7. The van der Waals surface area contributed by atoms with Gasteiger partial charge in [-0.25, -0.2) is 0 Å². The van der Waals surface area contributed by atoms with Crippen LogP contribution in [0, 0.1) is 13.8 Å². The molecule has 0 aliphatic heterocycles. The van der Waals surface area contributed by atoms with E-state index >= 15 is 0 Å². The number of hydrogen-bond acceptors (Lipinski definition) is 2. The fourth-order valence-corrected chi connectivity index (χ4v) is 2.61. The smallest absolute Gasteiger partial charge is 0.257 e. The molecule has 0 radical (unpaired) electrons. The van der Waals surface area contributed by atoms with Crippen molar-refractivity contribution in [1.29, 1.82) is 0 Å². The molecular weight excluding hydrogens is 295 g/mol. The number of hydrogen-bond donors (Lipinski definition) is 2. The summed E-state index contributed by atoms with van der Waals surface area (Å²) < 4.78 is 0. The zero-order valence-electron chi connectivity index (χ0n) is 11.1. The summed E-state index contributed by atoms with van der Waals surface area (Å²) >= 11 is 12.2. The maximum absolute atomic E-state index is 12.2. The molecule has 20 heavy (non-hydrogen) atoms. The third kappa shape index (κ3) is 3.06. The highest BCUT2D eigenvalue weighted by Gasteiger charge is 2.14. The lowest BCUT2D eigenvalue weighted by Crippen LogP contribution is -2.14. The lowest BCUT2D eigenvalue weighted by atomic mass is 10.1. The van der Waals surface area contributed by atoms with Crippen LogP contribution in [-0.2, 0) is 0 Å². The van der Waals surface area contributed by atoms with Gasteiger partial charge in [-0.15, -0.1) is 0 Å². The molecule has 2 rings (SSSR count). The Balaban J connectivity index is 2.33. The number of amides is 1.